The molecule has 1 saturated heterocycles. The van der Waals surface area contributed by atoms with E-state index in [9.17, 15) is 13.6 Å². The molecule has 0 saturated carbocycles. The molecule has 0 spiro atoms. The Morgan fingerprint density at radius 1 is 1.30 bits per heavy atom. The van der Waals surface area contributed by atoms with Crippen LogP contribution in [0.1, 0.15) is 34.1 Å². The fraction of sp³-hybridized carbons (Fsp3) is 0.263. The Balaban J connectivity index is 1.59. The molecule has 3 heterocycles. The van der Waals surface area contributed by atoms with Gasteiger partial charge < -0.3 is 4.90 Å². The normalized spacial score (nSPS) is 17.3. The molecule has 1 N–H and O–H groups in total. The zero-order chi connectivity index (χ0) is 19.0. The lowest BCUT2D eigenvalue weighted by atomic mass is 9.90. The van der Waals surface area contributed by atoms with Gasteiger partial charge in [0.2, 0.25) is 0 Å². The number of likely N-dealkylation sites (tertiary alicyclic amines) is 1. The van der Waals surface area contributed by atoms with Crippen molar-refractivity contribution in [1.82, 2.24) is 15.1 Å². The van der Waals surface area contributed by atoms with Gasteiger partial charge in [-0.25, -0.2) is 8.78 Å². The zero-order valence-corrected chi connectivity index (χ0v) is 15.8. The first-order valence-corrected chi connectivity index (χ1v) is 9.81. The summed E-state index contributed by atoms with van der Waals surface area (Å²) in [5.41, 5.74) is 2.11. The van der Waals surface area contributed by atoms with E-state index in [0.29, 0.717) is 28.6 Å². The van der Waals surface area contributed by atoms with Crippen LogP contribution in [0, 0.1) is 11.6 Å². The Bertz CT molecular complexity index is 987. The fourth-order valence-electron chi connectivity index (χ4n) is 3.49. The molecule has 140 valence electrons. The van der Waals surface area contributed by atoms with Crippen LogP contribution in [0.2, 0.25) is 5.02 Å². The molecule has 8 heteroatoms. The second-order valence-electron chi connectivity index (χ2n) is 6.51. The number of carbonyl (C=O) groups is 1. The fourth-order valence-corrected chi connectivity index (χ4v) is 4.59. The van der Waals surface area contributed by atoms with E-state index in [1.807, 2.05) is 0 Å². The minimum Gasteiger partial charge on any atom is -0.337 e. The highest BCUT2D eigenvalue weighted by Gasteiger charge is 2.29. The molecule has 1 aliphatic rings. The number of halogens is 3. The number of aromatic nitrogens is 2. The van der Waals surface area contributed by atoms with Crippen LogP contribution in [0.4, 0.5) is 8.78 Å². The van der Waals surface area contributed by atoms with Crippen LogP contribution in [0.15, 0.2) is 35.8 Å². The van der Waals surface area contributed by atoms with Gasteiger partial charge in [-0.15, -0.1) is 11.3 Å². The molecule has 0 bridgehead atoms. The topological polar surface area (TPSA) is 49.0 Å². The number of nitrogens with zero attached hydrogens (tertiary/aromatic N) is 2. The molecule has 4 rings (SSSR count). The van der Waals surface area contributed by atoms with Gasteiger partial charge in [0.1, 0.15) is 4.88 Å². The first-order chi connectivity index (χ1) is 13.0. The number of rotatable bonds is 3. The van der Waals surface area contributed by atoms with E-state index in [4.69, 9.17) is 11.6 Å². The Kier molecular flexibility index (Phi) is 4.97. The van der Waals surface area contributed by atoms with Crippen LogP contribution in [0.3, 0.4) is 0 Å². The van der Waals surface area contributed by atoms with Crippen LogP contribution in [-0.4, -0.2) is 34.1 Å². The Morgan fingerprint density at radius 2 is 2.15 bits per heavy atom. The van der Waals surface area contributed by atoms with Gasteiger partial charge in [0.05, 0.1) is 11.2 Å². The van der Waals surface area contributed by atoms with E-state index in [1.54, 1.807) is 22.5 Å². The molecular weight excluding hydrogens is 392 g/mol. The lowest BCUT2D eigenvalue weighted by Crippen LogP contribution is -2.39. The molecular formula is C19H16ClF2N3OS. The molecule has 27 heavy (non-hydrogen) atoms. The zero-order valence-electron chi connectivity index (χ0n) is 14.2. The number of hydrogen-bond donors (Lipinski definition) is 1. The van der Waals surface area contributed by atoms with Crippen molar-refractivity contribution in [3.05, 3.63) is 63.1 Å². The van der Waals surface area contributed by atoms with Gasteiger partial charge in [-0.05, 0) is 42.0 Å². The van der Waals surface area contributed by atoms with Crippen molar-refractivity contribution in [2.24, 2.45) is 0 Å². The molecule has 2 aromatic heterocycles. The number of nitrogens with one attached hydrogen (secondary N) is 1. The maximum Gasteiger partial charge on any atom is 0.265 e. The van der Waals surface area contributed by atoms with E-state index in [0.717, 1.165) is 30.2 Å². The lowest BCUT2D eigenvalue weighted by Gasteiger charge is -2.32. The molecule has 1 fully saturated rings. The first kappa shape index (κ1) is 18.1. The second-order valence-corrected chi connectivity index (χ2v) is 7.84. The van der Waals surface area contributed by atoms with Crippen LogP contribution in [0.25, 0.3) is 11.1 Å². The van der Waals surface area contributed by atoms with Gasteiger partial charge in [0, 0.05) is 30.3 Å². The number of amides is 1. The summed E-state index contributed by atoms with van der Waals surface area (Å²) in [4.78, 5) is 15.1. The van der Waals surface area contributed by atoms with Crippen molar-refractivity contribution in [3.8, 4) is 11.1 Å². The third-order valence-electron chi connectivity index (χ3n) is 4.83. The maximum absolute atomic E-state index is 13.6. The molecule has 0 radical (unpaired) electrons. The second kappa shape index (κ2) is 7.40. The van der Waals surface area contributed by atoms with Crippen LogP contribution < -0.4 is 0 Å². The minimum atomic E-state index is -0.896. The van der Waals surface area contributed by atoms with Gasteiger partial charge in [-0.2, -0.15) is 5.10 Å². The average Bonchev–Trinajstić information content (AvgIpc) is 3.32. The third kappa shape index (κ3) is 3.49. The van der Waals surface area contributed by atoms with Crippen molar-refractivity contribution < 1.29 is 13.6 Å². The van der Waals surface area contributed by atoms with Crippen LogP contribution >= 0.6 is 22.9 Å². The molecule has 0 aliphatic carbocycles. The number of carbonyl (C=O) groups excluding carboxylic acids is 1. The SMILES string of the molecule is O=C(c1sccc1Cl)N1CCCC(c2[nH]ncc2-c2ccc(F)c(F)c2)C1. The van der Waals surface area contributed by atoms with Gasteiger partial charge in [-0.3, -0.25) is 9.89 Å². The Labute approximate surface area is 163 Å². The molecule has 1 aliphatic heterocycles. The van der Waals surface area contributed by atoms with Crippen molar-refractivity contribution >= 4 is 28.8 Å². The highest BCUT2D eigenvalue weighted by atomic mass is 35.5. The Hall–Kier alpha value is -2.25. The summed E-state index contributed by atoms with van der Waals surface area (Å²) in [6.45, 7) is 1.18. The number of piperidine rings is 1. The van der Waals surface area contributed by atoms with E-state index in [-0.39, 0.29) is 11.8 Å². The third-order valence-corrected chi connectivity index (χ3v) is 6.16. The quantitative estimate of drug-likeness (QED) is 0.657. The van der Waals surface area contributed by atoms with Crippen LogP contribution in [-0.2, 0) is 0 Å². The predicted molar refractivity (Wildman–Crippen MR) is 101 cm³/mol. The summed E-state index contributed by atoms with van der Waals surface area (Å²) < 4.78 is 26.9. The van der Waals surface area contributed by atoms with E-state index in [2.05, 4.69) is 10.2 Å². The number of thiophene rings is 1. The molecule has 4 nitrogen and oxygen atoms in total. The van der Waals surface area contributed by atoms with Crippen LogP contribution in [0.5, 0.6) is 0 Å². The van der Waals surface area contributed by atoms with Crippen molar-refractivity contribution in [2.45, 2.75) is 18.8 Å². The summed E-state index contributed by atoms with van der Waals surface area (Å²) in [7, 11) is 0. The Morgan fingerprint density at radius 3 is 2.89 bits per heavy atom. The first-order valence-electron chi connectivity index (χ1n) is 8.55. The van der Waals surface area contributed by atoms with Gasteiger partial charge in [-0.1, -0.05) is 17.7 Å². The monoisotopic (exact) mass is 407 g/mol. The number of H-pyrrole nitrogens is 1. The smallest absolute Gasteiger partial charge is 0.265 e. The molecule has 1 atom stereocenters. The molecule has 1 unspecified atom stereocenters. The standard InChI is InChI=1S/C19H16ClF2N3OS/c20-14-5-7-27-18(14)19(26)25-6-1-2-12(10-25)17-13(9-23-24-17)11-3-4-15(21)16(22)8-11/h3-5,7-9,12H,1-2,6,10H2,(H,23,24). The maximum atomic E-state index is 13.6. The molecule has 1 amide bonds. The van der Waals surface area contributed by atoms with E-state index < -0.39 is 11.6 Å². The number of aromatic amines is 1. The van der Waals surface area contributed by atoms with Gasteiger partial charge >= 0.3 is 0 Å². The van der Waals surface area contributed by atoms with Gasteiger partial charge in [0.25, 0.3) is 5.91 Å². The van der Waals surface area contributed by atoms with E-state index in [1.165, 1.54) is 23.5 Å². The average molecular weight is 408 g/mol. The summed E-state index contributed by atoms with van der Waals surface area (Å²) in [6.07, 6.45) is 3.33. The predicted octanol–water partition coefficient (Wildman–Crippen LogP) is 5.09. The summed E-state index contributed by atoms with van der Waals surface area (Å²) in [5.74, 6) is -1.82. The molecule has 3 aromatic rings. The number of hydrogen-bond acceptors (Lipinski definition) is 3. The highest BCUT2D eigenvalue weighted by Crippen LogP contribution is 2.34. The van der Waals surface area contributed by atoms with Gasteiger partial charge in [0.15, 0.2) is 11.6 Å². The van der Waals surface area contributed by atoms with Crippen molar-refractivity contribution in [2.75, 3.05) is 13.1 Å². The summed E-state index contributed by atoms with van der Waals surface area (Å²) >= 11 is 7.44. The largest absolute Gasteiger partial charge is 0.337 e. The number of benzene rings is 1. The van der Waals surface area contributed by atoms with Crippen molar-refractivity contribution in [3.63, 3.8) is 0 Å². The minimum absolute atomic E-state index is 0.0343. The summed E-state index contributed by atoms with van der Waals surface area (Å²) in [6, 6.07) is 5.53. The lowest BCUT2D eigenvalue weighted by molar-refractivity contribution is 0.0711. The highest BCUT2D eigenvalue weighted by molar-refractivity contribution is 7.12. The van der Waals surface area contributed by atoms with E-state index >= 15 is 0 Å². The van der Waals surface area contributed by atoms with Crippen molar-refractivity contribution in [1.29, 1.82) is 0 Å². The molecule has 1 aromatic carbocycles. The summed E-state index contributed by atoms with van der Waals surface area (Å²) in [5, 5.41) is 9.35.